The van der Waals surface area contributed by atoms with Crippen molar-refractivity contribution < 1.29 is 4.79 Å². The molecule has 0 aliphatic carbocycles. The summed E-state index contributed by atoms with van der Waals surface area (Å²) in [5, 5.41) is 0. The Morgan fingerprint density at radius 3 is 3.00 bits per heavy atom. The summed E-state index contributed by atoms with van der Waals surface area (Å²) < 4.78 is 0. The Morgan fingerprint density at radius 1 is 1.54 bits per heavy atom. The molecule has 1 aliphatic heterocycles. The molecule has 2 heterocycles. The third-order valence-electron chi connectivity index (χ3n) is 1.84. The van der Waals surface area contributed by atoms with Gasteiger partial charge in [-0.05, 0) is 0 Å². The molecule has 0 radical (unpaired) electrons. The van der Waals surface area contributed by atoms with E-state index in [2.05, 4.69) is 15.0 Å². The van der Waals surface area contributed by atoms with E-state index in [4.69, 9.17) is 5.73 Å². The van der Waals surface area contributed by atoms with Crippen molar-refractivity contribution in [1.29, 1.82) is 0 Å². The molecule has 1 aliphatic rings. The minimum absolute atomic E-state index is 0.0950. The molecule has 1 aromatic rings. The minimum atomic E-state index is -0.542. The highest BCUT2D eigenvalue weighted by atomic mass is 16.1. The zero-order valence-electron chi connectivity index (χ0n) is 6.77. The van der Waals surface area contributed by atoms with Gasteiger partial charge >= 0.3 is 0 Å². The smallest absolute Gasteiger partial charge is 0.175 e. The number of amidine groups is 1. The van der Waals surface area contributed by atoms with Crippen LogP contribution in [0.25, 0.3) is 0 Å². The van der Waals surface area contributed by atoms with Crippen LogP contribution in [0.15, 0.2) is 29.7 Å². The van der Waals surface area contributed by atoms with E-state index < -0.39 is 5.92 Å². The van der Waals surface area contributed by atoms with Crippen molar-refractivity contribution >= 4 is 11.6 Å². The van der Waals surface area contributed by atoms with Crippen molar-refractivity contribution in [2.24, 2.45) is 10.7 Å². The number of aliphatic imine (C=N–C) groups is 1. The first-order chi connectivity index (χ1) is 6.29. The number of hydrogen-bond donors (Lipinski definition) is 2. The fourth-order valence-corrected chi connectivity index (χ4v) is 1.22. The van der Waals surface area contributed by atoms with E-state index in [9.17, 15) is 4.79 Å². The Hall–Kier alpha value is -1.91. The lowest BCUT2D eigenvalue weighted by molar-refractivity contribution is -0.114. The number of nitrogens with one attached hydrogen (secondary N) is 1. The Bertz CT molecular complexity index is 377. The second kappa shape index (κ2) is 2.85. The largest absolute Gasteiger partial charge is 0.386 e. The molecule has 0 amide bonds. The number of nitrogens with zero attached hydrogens (tertiary/aromatic N) is 2. The van der Waals surface area contributed by atoms with E-state index in [1.54, 1.807) is 12.4 Å². The van der Waals surface area contributed by atoms with Crippen LogP contribution in [0.3, 0.4) is 0 Å². The summed E-state index contributed by atoms with van der Waals surface area (Å²) in [6.07, 6.45) is 6.02. The third kappa shape index (κ3) is 1.24. The summed E-state index contributed by atoms with van der Waals surface area (Å²) in [5.41, 5.74) is 5.58. The first kappa shape index (κ1) is 7.72. The van der Waals surface area contributed by atoms with Crippen molar-refractivity contribution in [2.75, 3.05) is 0 Å². The van der Waals surface area contributed by atoms with E-state index in [0.717, 1.165) is 0 Å². The highest BCUT2D eigenvalue weighted by Crippen LogP contribution is 2.16. The lowest BCUT2D eigenvalue weighted by Gasteiger charge is -2.12. The van der Waals surface area contributed by atoms with Crippen LogP contribution >= 0.6 is 0 Å². The number of hydrogen-bond acceptors (Lipinski definition) is 4. The average molecular weight is 176 g/mol. The van der Waals surface area contributed by atoms with Gasteiger partial charge in [-0.15, -0.1) is 0 Å². The quantitative estimate of drug-likeness (QED) is 0.629. The van der Waals surface area contributed by atoms with E-state index in [0.29, 0.717) is 5.82 Å². The molecule has 0 aromatic carbocycles. The number of carbonyl (C=O) groups excluding carboxylic acids is 1. The van der Waals surface area contributed by atoms with Crippen LogP contribution in [-0.2, 0) is 4.79 Å². The highest BCUT2D eigenvalue weighted by Gasteiger charge is 2.26. The number of carbonyl (C=O) groups is 1. The molecule has 0 bridgehead atoms. The van der Waals surface area contributed by atoms with E-state index in [1.165, 1.54) is 12.3 Å². The number of H-pyrrole nitrogens is 1. The number of rotatable bonds is 1. The molecular formula is C8H8N4O. The molecule has 3 N–H and O–H groups in total. The van der Waals surface area contributed by atoms with Crippen molar-refractivity contribution in [3.8, 4) is 0 Å². The van der Waals surface area contributed by atoms with Crippen LogP contribution in [0, 0.1) is 0 Å². The van der Waals surface area contributed by atoms with Gasteiger partial charge in [-0.3, -0.25) is 4.79 Å². The second-order valence-corrected chi connectivity index (χ2v) is 2.68. The first-order valence-corrected chi connectivity index (χ1v) is 3.82. The van der Waals surface area contributed by atoms with Crippen LogP contribution in [-0.4, -0.2) is 21.6 Å². The number of ketones is 1. The molecule has 66 valence electrons. The zero-order valence-corrected chi connectivity index (χ0v) is 6.77. The van der Waals surface area contributed by atoms with Gasteiger partial charge < -0.3 is 10.7 Å². The summed E-state index contributed by atoms with van der Waals surface area (Å²) >= 11 is 0. The second-order valence-electron chi connectivity index (χ2n) is 2.68. The van der Waals surface area contributed by atoms with Gasteiger partial charge in [-0.25, -0.2) is 9.98 Å². The van der Waals surface area contributed by atoms with Crippen LogP contribution < -0.4 is 5.73 Å². The average Bonchev–Trinajstić information content (AvgIpc) is 2.57. The van der Waals surface area contributed by atoms with E-state index in [1.807, 2.05) is 0 Å². The van der Waals surface area contributed by atoms with Gasteiger partial charge in [0.15, 0.2) is 5.78 Å². The topological polar surface area (TPSA) is 84.1 Å². The monoisotopic (exact) mass is 176 g/mol. The Morgan fingerprint density at radius 2 is 2.38 bits per heavy atom. The fourth-order valence-electron chi connectivity index (χ4n) is 1.22. The molecule has 0 spiro atoms. The molecule has 2 rings (SSSR count). The predicted octanol–water partition coefficient (Wildman–Crippen LogP) is -0.0531. The Balaban J connectivity index is 2.39. The summed E-state index contributed by atoms with van der Waals surface area (Å²) in [6, 6.07) is 0. The van der Waals surface area contributed by atoms with Crippen LogP contribution in [0.4, 0.5) is 0 Å². The zero-order chi connectivity index (χ0) is 9.26. The number of allylic oxidation sites excluding steroid dienone is 1. The predicted molar refractivity (Wildman–Crippen MR) is 47.1 cm³/mol. The van der Waals surface area contributed by atoms with Crippen LogP contribution in [0.5, 0.6) is 0 Å². The summed E-state index contributed by atoms with van der Waals surface area (Å²) in [5.74, 6) is 0.181. The lowest BCUT2D eigenvalue weighted by Crippen LogP contribution is -2.30. The van der Waals surface area contributed by atoms with Crippen molar-refractivity contribution in [1.82, 2.24) is 9.97 Å². The van der Waals surface area contributed by atoms with Gasteiger partial charge in [0.05, 0.1) is 0 Å². The summed E-state index contributed by atoms with van der Waals surface area (Å²) in [6.45, 7) is 0. The first-order valence-electron chi connectivity index (χ1n) is 3.82. The molecule has 0 fully saturated rings. The Labute approximate surface area is 74.4 Å². The molecule has 0 saturated carbocycles. The fraction of sp³-hybridized carbons (Fsp3) is 0.125. The summed E-state index contributed by atoms with van der Waals surface area (Å²) in [7, 11) is 0. The molecule has 13 heavy (non-hydrogen) atoms. The molecule has 5 nitrogen and oxygen atoms in total. The number of aromatic amines is 1. The van der Waals surface area contributed by atoms with E-state index in [-0.39, 0.29) is 11.6 Å². The van der Waals surface area contributed by atoms with Crippen molar-refractivity contribution in [3.63, 3.8) is 0 Å². The summed E-state index contributed by atoms with van der Waals surface area (Å²) in [4.78, 5) is 22.1. The van der Waals surface area contributed by atoms with Gasteiger partial charge in [-0.2, -0.15) is 0 Å². The molecule has 5 heteroatoms. The number of nitrogens with two attached hydrogens (primary N) is 1. The SMILES string of the molecule is NC1=NC=CC(=O)C1c1ncc[nH]1. The normalized spacial score (nSPS) is 21.7. The number of imidazole rings is 1. The van der Waals surface area contributed by atoms with Gasteiger partial charge in [0.1, 0.15) is 17.6 Å². The van der Waals surface area contributed by atoms with Crippen LogP contribution in [0.1, 0.15) is 11.7 Å². The Kier molecular flexibility index (Phi) is 1.70. The van der Waals surface area contributed by atoms with E-state index >= 15 is 0 Å². The van der Waals surface area contributed by atoms with Gasteiger partial charge in [-0.1, -0.05) is 0 Å². The highest BCUT2D eigenvalue weighted by molar-refractivity contribution is 6.14. The van der Waals surface area contributed by atoms with Crippen LogP contribution in [0.2, 0.25) is 0 Å². The molecule has 1 unspecified atom stereocenters. The number of aromatic nitrogens is 2. The van der Waals surface area contributed by atoms with Gasteiger partial charge in [0, 0.05) is 24.7 Å². The van der Waals surface area contributed by atoms with Gasteiger partial charge in [0.25, 0.3) is 0 Å². The standard InChI is InChI=1S/C8H8N4O/c9-7-6(5(13)1-2-10-7)8-11-3-4-12-8/h1-4,6H,(H2,9,10)(H,11,12). The molecule has 0 saturated heterocycles. The maximum atomic E-state index is 11.4. The maximum absolute atomic E-state index is 11.4. The lowest BCUT2D eigenvalue weighted by atomic mass is 10.0. The molecule has 1 aromatic heterocycles. The van der Waals surface area contributed by atoms with Gasteiger partial charge in [0.2, 0.25) is 0 Å². The third-order valence-corrected chi connectivity index (χ3v) is 1.84. The molecule has 1 atom stereocenters. The van der Waals surface area contributed by atoms with Crippen molar-refractivity contribution in [2.45, 2.75) is 5.92 Å². The maximum Gasteiger partial charge on any atom is 0.175 e. The minimum Gasteiger partial charge on any atom is -0.386 e. The molecular weight excluding hydrogens is 168 g/mol. The van der Waals surface area contributed by atoms with Crippen molar-refractivity contribution in [3.05, 3.63) is 30.5 Å².